The summed E-state index contributed by atoms with van der Waals surface area (Å²) in [5.74, 6) is 0.591. The lowest BCUT2D eigenvalue weighted by Gasteiger charge is -2.32. The number of carbonyl (C=O) groups excluding carboxylic acids is 1. The minimum atomic E-state index is -0.363. The van der Waals surface area contributed by atoms with E-state index in [1.165, 1.54) is 0 Å². The molecule has 1 amide bonds. The molecule has 1 aliphatic heterocycles. The summed E-state index contributed by atoms with van der Waals surface area (Å²) in [7, 11) is 0. The predicted molar refractivity (Wildman–Crippen MR) is 101 cm³/mol. The molecule has 1 heterocycles. The summed E-state index contributed by atoms with van der Waals surface area (Å²) in [6, 6.07) is 14.5. The SMILES string of the molecule is Cc1cc(NCC2CCN(C(=O)c3ccccc3)CC2)ccc1[N+](=O)[O-]. The summed E-state index contributed by atoms with van der Waals surface area (Å²) in [5.41, 5.74) is 2.44. The molecule has 3 rings (SSSR count). The minimum absolute atomic E-state index is 0.100. The third kappa shape index (κ3) is 4.20. The van der Waals surface area contributed by atoms with Crippen LogP contribution in [0.1, 0.15) is 28.8 Å². The van der Waals surface area contributed by atoms with Crippen molar-refractivity contribution in [3.63, 3.8) is 0 Å². The van der Waals surface area contributed by atoms with E-state index in [9.17, 15) is 14.9 Å². The smallest absolute Gasteiger partial charge is 0.272 e. The Balaban J connectivity index is 1.49. The van der Waals surface area contributed by atoms with Gasteiger partial charge < -0.3 is 10.2 Å². The van der Waals surface area contributed by atoms with E-state index in [0.717, 1.165) is 43.7 Å². The molecule has 136 valence electrons. The summed E-state index contributed by atoms with van der Waals surface area (Å²) < 4.78 is 0. The number of nitrogens with one attached hydrogen (secondary N) is 1. The van der Waals surface area contributed by atoms with Crippen molar-refractivity contribution in [3.8, 4) is 0 Å². The van der Waals surface area contributed by atoms with Gasteiger partial charge in [0.15, 0.2) is 0 Å². The second kappa shape index (κ2) is 7.99. The molecule has 0 saturated carbocycles. The molecule has 0 unspecified atom stereocenters. The molecule has 26 heavy (non-hydrogen) atoms. The summed E-state index contributed by atoms with van der Waals surface area (Å²) in [5, 5.41) is 14.3. The van der Waals surface area contributed by atoms with Crippen LogP contribution in [0.25, 0.3) is 0 Å². The Morgan fingerprint density at radius 2 is 1.88 bits per heavy atom. The number of nitro benzene ring substituents is 1. The van der Waals surface area contributed by atoms with Gasteiger partial charge in [-0.15, -0.1) is 0 Å². The zero-order valence-electron chi connectivity index (χ0n) is 14.9. The number of hydrogen-bond acceptors (Lipinski definition) is 4. The van der Waals surface area contributed by atoms with Gasteiger partial charge in [-0.25, -0.2) is 0 Å². The highest BCUT2D eigenvalue weighted by Gasteiger charge is 2.23. The molecule has 0 atom stereocenters. The van der Waals surface area contributed by atoms with Gasteiger partial charge in [-0.2, -0.15) is 0 Å². The molecule has 2 aromatic rings. The van der Waals surface area contributed by atoms with Gasteiger partial charge in [0, 0.05) is 42.5 Å². The molecular weight excluding hydrogens is 330 g/mol. The van der Waals surface area contributed by atoms with Gasteiger partial charge in [0.05, 0.1) is 4.92 Å². The fourth-order valence-corrected chi connectivity index (χ4v) is 3.34. The largest absolute Gasteiger partial charge is 0.385 e. The number of nitro groups is 1. The lowest BCUT2D eigenvalue weighted by atomic mass is 9.96. The molecule has 0 aliphatic carbocycles. The van der Waals surface area contributed by atoms with Crippen LogP contribution in [0.2, 0.25) is 0 Å². The molecule has 2 aromatic carbocycles. The van der Waals surface area contributed by atoms with Crippen LogP contribution in [0.5, 0.6) is 0 Å². The summed E-state index contributed by atoms with van der Waals surface area (Å²) in [6.07, 6.45) is 1.91. The van der Waals surface area contributed by atoms with E-state index in [4.69, 9.17) is 0 Å². The van der Waals surface area contributed by atoms with E-state index in [1.807, 2.05) is 41.3 Å². The van der Waals surface area contributed by atoms with E-state index in [-0.39, 0.29) is 16.5 Å². The lowest BCUT2D eigenvalue weighted by molar-refractivity contribution is -0.385. The first-order valence-electron chi connectivity index (χ1n) is 8.88. The van der Waals surface area contributed by atoms with Crippen molar-refractivity contribution >= 4 is 17.3 Å². The Morgan fingerprint density at radius 3 is 2.50 bits per heavy atom. The van der Waals surface area contributed by atoms with Crippen LogP contribution in [0.15, 0.2) is 48.5 Å². The maximum atomic E-state index is 12.5. The van der Waals surface area contributed by atoms with Gasteiger partial charge in [0.25, 0.3) is 11.6 Å². The highest BCUT2D eigenvalue weighted by atomic mass is 16.6. The third-order valence-corrected chi connectivity index (χ3v) is 4.91. The number of benzene rings is 2. The Morgan fingerprint density at radius 1 is 1.19 bits per heavy atom. The second-order valence-corrected chi connectivity index (χ2v) is 6.74. The molecule has 0 radical (unpaired) electrons. The van der Waals surface area contributed by atoms with Gasteiger partial charge in [-0.1, -0.05) is 18.2 Å². The molecule has 0 spiro atoms. The van der Waals surface area contributed by atoms with Gasteiger partial charge in [-0.05, 0) is 49.9 Å². The summed E-state index contributed by atoms with van der Waals surface area (Å²) >= 11 is 0. The van der Waals surface area contributed by atoms with Crippen LogP contribution in [-0.2, 0) is 0 Å². The molecule has 0 bridgehead atoms. The van der Waals surface area contributed by atoms with E-state index in [0.29, 0.717) is 11.5 Å². The maximum absolute atomic E-state index is 12.5. The van der Waals surface area contributed by atoms with Crippen molar-refractivity contribution in [1.82, 2.24) is 4.90 Å². The van der Waals surface area contributed by atoms with Gasteiger partial charge in [-0.3, -0.25) is 14.9 Å². The quantitative estimate of drug-likeness (QED) is 0.654. The Kier molecular flexibility index (Phi) is 5.51. The third-order valence-electron chi connectivity index (χ3n) is 4.91. The van der Waals surface area contributed by atoms with Crippen molar-refractivity contribution in [2.45, 2.75) is 19.8 Å². The van der Waals surface area contributed by atoms with E-state index in [2.05, 4.69) is 5.32 Å². The van der Waals surface area contributed by atoms with Crippen molar-refractivity contribution in [2.24, 2.45) is 5.92 Å². The van der Waals surface area contributed by atoms with Crippen LogP contribution in [0.3, 0.4) is 0 Å². The lowest BCUT2D eigenvalue weighted by Crippen LogP contribution is -2.39. The molecule has 1 aliphatic rings. The number of amides is 1. The minimum Gasteiger partial charge on any atom is -0.385 e. The monoisotopic (exact) mass is 353 g/mol. The van der Waals surface area contributed by atoms with Crippen molar-refractivity contribution < 1.29 is 9.72 Å². The van der Waals surface area contributed by atoms with Crippen LogP contribution in [-0.4, -0.2) is 35.4 Å². The van der Waals surface area contributed by atoms with Crippen molar-refractivity contribution in [1.29, 1.82) is 0 Å². The number of likely N-dealkylation sites (tertiary alicyclic amines) is 1. The van der Waals surface area contributed by atoms with Crippen LogP contribution >= 0.6 is 0 Å². The zero-order valence-corrected chi connectivity index (χ0v) is 14.9. The average molecular weight is 353 g/mol. The normalized spacial score (nSPS) is 14.9. The van der Waals surface area contributed by atoms with Crippen LogP contribution in [0.4, 0.5) is 11.4 Å². The number of rotatable bonds is 5. The van der Waals surface area contributed by atoms with E-state index >= 15 is 0 Å². The standard InChI is InChI=1S/C20H23N3O3/c1-15-13-18(7-8-19(15)23(25)26)21-14-16-9-11-22(12-10-16)20(24)17-5-3-2-4-6-17/h2-8,13,16,21H,9-12,14H2,1H3. The molecule has 1 fully saturated rings. The van der Waals surface area contributed by atoms with Crippen molar-refractivity contribution in [3.05, 3.63) is 69.8 Å². The molecule has 1 N–H and O–H groups in total. The molecule has 0 aromatic heterocycles. The number of aryl methyl sites for hydroxylation is 1. The summed E-state index contributed by atoms with van der Waals surface area (Å²) in [4.78, 5) is 24.9. The topological polar surface area (TPSA) is 75.5 Å². The first-order valence-corrected chi connectivity index (χ1v) is 8.88. The fraction of sp³-hybridized carbons (Fsp3) is 0.350. The van der Waals surface area contributed by atoms with Gasteiger partial charge >= 0.3 is 0 Å². The average Bonchev–Trinajstić information content (AvgIpc) is 2.66. The molecule has 6 nitrogen and oxygen atoms in total. The van der Waals surface area contributed by atoms with Crippen LogP contribution in [0, 0.1) is 23.0 Å². The number of hydrogen-bond donors (Lipinski definition) is 1. The maximum Gasteiger partial charge on any atom is 0.272 e. The molecule has 1 saturated heterocycles. The van der Waals surface area contributed by atoms with Gasteiger partial charge in [0.2, 0.25) is 0 Å². The highest BCUT2D eigenvalue weighted by Crippen LogP contribution is 2.23. The van der Waals surface area contributed by atoms with Crippen LogP contribution < -0.4 is 5.32 Å². The Bertz CT molecular complexity index is 784. The Hall–Kier alpha value is -2.89. The fourth-order valence-electron chi connectivity index (χ4n) is 3.34. The zero-order chi connectivity index (χ0) is 18.5. The van der Waals surface area contributed by atoms with Gasteiger partial charge in [0.1, 0.15) is 0 Å². The first-order chi connectivity index (χ1) is 12.5. The van der Waals surface area contributed by atoms with Crippen molar-refractivity contribution in [2.75, 3.05) is 25.0 Å². The van der Waals surface area contributed by atoms with E-state index in [1.54, 1.807) is 19.1 Å². The molecular formula is C20H23N3O3. The number of nitrogens with zero attached hydrogens (tertiary/aromatic N) is 2. The molecule has 6 heteroatoms. The first kappa shape index (κ1) is 17.9. The second-order valence-electron chi connectivity index (χ2n) is 6.74. The summed E-state index contributed by atoms with van der Waals surface area (Å²) in [6.45, 7) is 4.08. The predicted octanol–water partition coefficient (Wildman–Crippen LogP) is 3.87. The Labute approximate surface area is 153 Å². The number of anilines is 1. The number of piperidine rings is 1. The highest BCUT2D eigenvalue weighted by molar-refractivity contribution is 5.94. The van der Waals surface area contributed by atoms with E-state index < -0.39 is 0 Å². The number of carbonyl (C=O) groups is 1.